The Morgan fingerprint density at radius 2 is 1.89 bits per heavy atom. The van der Waals surface area contributed by atoms with Gasteiger partial charge in [0, 0.05) is 55.5 Å². The summed E-state index contributed by atoms with van der Waals surface area (Å²) in [5.41, 5.74) is 8.85. The summed E-state index contributed by atoms with van der Waals surface area (Å²) in [4.78, 5) is 27.6. The van der Waals surface area contributed by atoms with Crippen molar-refractivity contribution in [1.82, 2.24) is 14.9 Å². The van der Waals surface area contributed by atoms with Crippen molar-refractivity contribution in [2.75, 3.05) is 67.5 Å². The van der Waals surface area contributed by atoms with Gasteiger partial charge in [0.1, 0.15) is 11.6 Å². The number of benzene rings is 2. The summed E-state index contributed by atoms with van der Waals surface area (Å²) in [6.45, 7) is 2.02. The SMILES string of the molecule is COc1cc(N2CCC(N(C)C)CC2)ccc1Nc1nccc(N(C)C(=O)Nc2cccc(N)c2)n1. The average molecular weight is 491 g/mol. The first-order valence-electron chi connectivity index (χ1n) is 11.9. The molecular weight excluding hydrogens is 456 g/mol. The Balaban J connectivity index is 1.44. The van der Waals surface area contributed by atoms with Crippen molar-refractivity contribution in [3.05, 3.63) is 54.7 Å². The number of nitrogen functional groups attached to an aromatic ring is 1. The highest BCUT2D eigenvalue weighted by Crippen LogP contribution is 2.33. The molecule has 0 radical (unpaired) electrons. The molecule has 4 rings (SSSR count). The predicted molar refractivity (Wildman–Crippen MR) is 146 cm³/mol. The van der Waals surface area contributed by atoms with E-state index >= 15 is 0 Å². The molecule has 0 spiro atoms. The first-order valence-corrected chi connectivity index (χ1v) is 11.9. The van der Waals surface area contributed by atoms with Crippen LogP contribution in [0.4, 0.5) is 39.3 Å². The molecule has 4 N–H and O–H groups in total. The summed E-state index contributed by atoms with van der Waals surface area (Å²) in [5.74, 6) is 1.49. The van der Waals surface area contributed by atoms with E-state index in [0.29, 0.717) is 34.9 Å². The van der Waals surface area contributed by atoms with Crippen LogP contribution in [0.3, 0.4) is 0 Å². The van der Waals surface area contributed by atoms with Crippen molar-refractivity contribution in [1.29, 1.82) is 0 Å². The van der Waals surface area contributed by atoms with E-state index in [0.717, 1.165) is 37.3 Å². The summed E-state index contributed by atoms with van der Waals surface area (Å²) in [6.07, 6.45) is 3.87. The normalized spacial score (nSPS) is 14.0. The van der Waals surface area contributed by atoms with E-state index < -0.39 is 0 Å². The maximum absolute atomic E-state index is 12.7. The molecule has 1 aliphatic rings. The lowest BCUT2D eigenvalue weighted by Crippen LogP contribution is -2.41. The molecule has 1 aromatic heterocycles. The number of nitrogens with zero attached hydrogens (tertiary/aromatic N) is 5. The van der Waals surface area contributed by atoms with Gasteiger partial charge in [-0.2, -0.15) is 4.98 Å². The van der Waals surface area contributed by atoms with Crippen molar-refractivity contribution in [2.24, 2.45) is 0 Å². The molecule has 0 saturated carbocycles. The summed E-state index contributed by atoms with van der Waals surface area (Å²) >= 11 is 0. The lowest BCUT2D eigenvalue weighted by molar-refractivity contribution is 0.249. The van der Waals surface area contributed by atoms with Crippen molar-refractivity contribution < 1.29 is 9.53 Å². The van der Waals surface area contributed by atoms with Gasteiger partial charge in [-0.25, -0.2) is 9.78 Å². The Morgan fingerprint density at radius 1 is 1.11 bits per heavy atom. The van der Waals surface area contributed by atoms with Gasteiger partial charge in [-0.15, -0.1) is 0 Å². The van der Waals surface area contributed by atoms with Gasteiger partial charge in [0.05, 0.1) is 12.8 Å². The molecule has 2 amide bonds. The molecule has 0 bridgehead atoms. The molecule has 0 aliphatic carbocycles. The first kappa shape index (κ1) is 25.1. The third kappa shape index (κ3) is 5.95. The van der Waals surface area contributed by atoms with E-state index in [9.17, 15) is 4.79 Å². The van der Waals surface area contributed by atoms with Crippen LogP contribution in [0.5, 0.6) is 5.75 Å². The summed E-state index contributed by atoms with van der Waals surface area (Å²) < 4.78 is 5.66. The zero-order valence-electron chi connectivity index (χ0n) is 21.2. The molecule has 3 aromatic rings. The Bertz CT molecular complexity index is 1190. The summed E-state index contributed by atoms with van der Waals surface area (Å²) in [5, 5.41) is 6.03. The van der Waals surface area contributed by atoms with E-state index in [1.165, 1.54) is 4.90 Å². The minimum atomic E-state index is -0.342. The van der Waals surface area contributed by atoms with Crippen LogP contribution >= 0.6 is 0 Å². The zero-order chi connectivity index (χ0) is 25.7. The number of ether oxygens (including phenoxy) is 1. The largest absolute Gasteiger partial charge is 0.494 e. The average Bonchev–Trinajstić information content (AvgIpc) is 2.88. The van der Waals surface area contributed by atoms with E-state index in [-0.39, 0.29) is 6.03 Å². The van der Waals surface area contributed by atoms with Crippen molar-refractivity contribution in [3.63, 3.8) is 0 Å². The number of urea groups is 1. The van der Waals surface area contributed by atoms with Crippen LogP contribution in [0.15, 0.2) is 54.7 Å². The van der Waals surface area contributed by atoms with E-state index in [4.69, 9.17) is 10.5 Å². The maximum atomic E-state index is 12.7. The Labute approximate surface area is 212 Å². The van der Waals surface area contributed by atoms with E-state index in [1.54, 1.807) is 50.7 Å². The van der Waals surface area contributed by atoms with Crippen LogP contribution in [0.2, 0.25) is 0 Å². The van der Waals surface area contributed by atoms with Gasteiger partial charge in [-0.05, 0) is 63.3 Å². The Hall–Kier alpha value is -4.05. The molecule has 10 heteroatoms. The van der Waals surface area contributed by atoms with Crippen LogP contribution in [-0.4, -0.2) is 68.3 Å². The number of hydrogen-bond acceptors (Lipinski definition) is 8. The zero-order valence-corrected chi connectivity index (χ0v) is 21.2. The monoisotopic (exact) mass is 490 g/mol. The van der Waals surface area contributed by atoms with Crippen LogP contribution in [-0.2, 0) is 0 Å². The number of aromatic nitrogens is 2. The van der Waals surface area contributed by atoms with Gasteiger partial charge >= 0.3 is 6.03 Å². The predicted octanol–water partition coefficient (Wildman–Crippen LogP) is 4.01. The second-order valence-electron chi connectivity index (χ2n) is 9.04. The van der Waals surface area contributed by atoms with Gasteiger partial charge in [0.2, 0.25) is 5.95 Å². The number of amides is 2. The molecule has 1 fully saturated rings. The van der Waals surface area contributed by atoms with Crippen molar-refractivity contribution >= 4 is 40.5 Å². The topological polar surface area (TPSA) is 112 Å². The van der Waals surface area contributed by atoms with E-state index in [2.05, 4.69) is 50.6 Å². The number of carbonyl (C=O) groups excluding carboxylic acids is 1. The van der Waals surface area contributed by atoms with Gasteiger partial charge < -0.3 is 30.9 Å². The molecule has 0 atom stereocenters. The lowest BCUT2D eigenvalue weighted by atomic mass is 10.0. The highest BCUT2D eigenvalue weighted by Gasteiger charge is 2.21. The number of carbonyl (C=O) groups is 1. The first-order chi connectivity index (χ1) is 17.3. The van der Waals surface area contributed by atoms with Gasteiger partial charge in [-0.3, -0.25) is 4.90 Å². The number of methoxy groups -OCH3 is 1. The van der Waals surface area contributed by atoms with Gasteiger partial charge in [-0.1, -0.05) is 6.07 Å². The third-order valence-electron chi connectivity index (χ3n) is 6.42. The number of nitrogens with two attached hydrogens (primary N) is 1. The minimum Gasteiger partial charge on any atom is -0.494 e. The number of hydrogen-bond donors (Lipinski definition) is 3. The molecule has 190 valence electrons. The molecule has 2 heterocycles. The molecule has 36 heavy (non-hydrogen) atoms. The fourth-order valence-electron chi connectivity index (χ4n) is 4.26. The summed E-state index contributed by atoms with van der Waals surface area (Å²) in [7, 11) is 7.58. The maximum Gasteiger partial charge on any atom is 0.327 e. The fourth-order valence-corrected chi connectivity index (χ4v) is 4.26. The Kier molecular flexibility index (Phi) is 7.74. The van der Waals surface area contributed by atoms with Crippen LogP contribution in [0.1, 0.15) is 12.8 Å². The van der Waals surface area contributed by atoms with Crippen LogP contribution < -0.4 is 30.9 Å². The molecule has 0 unspecified atom stereocenters. The number of piperidine rings is 1. The quantitative estimate of drug-likeness (QED) is 0.426. The fraction of sp³-hybridized carbons (Fsp3) is 0.346. The number of nitrogens with one attached hydrogen (secondary N) is 2. The van der Waals surface area contributed by atoms with Gasteiger partial charge in [0.15, 0.2) is 0 Å². The number of anilines is 6. The standard InChI is InChI=1S/C26H34N8O2/c1-32(2)20-11-14-34(15-12-20)21-8-9-22(23(17-21)36-4)30-25-28-13-10-24(31-25)33(3)26(35)29-19-7-5-6-18(27)16-19/h5-10,13,16-17,20H,11-12,14-15,27H2,1-4H3,(H,29,35)(H,28,30,31). The lowest BCUT2D eigenvalue weighted by Gasteiger charge is -2.36. The van der Waals surface area contributed by atoms with Crippen LogP contribution in [0.25, 0.3) is 0 Å². The Morgan fingerprint density at radius 3 is 2.58 bits per heavy atom. The second-order valence-corrected chi connectivity index (χ2v) is 9.04. The van der Waals surface area contributed by atoms with Gasteiger partial charge in [0.25, 0.3) is 0 Å². The second kappa shape index (κ2) is 11.1. The van der Waals surface area contributed by atoms with Crippen molar-refractivity contribution in [2.45, 2.75) is 18.9 Å². The molecular formula is C26H34N8O2. The molecule has 2 aromatic carbocycles. The van der Waals surface area contributed by atoms with E-state index in [1.807, 2.05) is 12.1 Å². The van der Waals surface area contributed by atoms with Crippen molar-refractivity contribution in [3.8, 4) is 5.75 Å². The minimum absolute atomic E-state index is 0.342. The summed E-state index contributed by atoms with van der Waals surface area (Å²) in [6, 6.07) is 15.0. The van der Waals surface area contributed by atoms with Crippen LogP contribution in [0, 0.1) is 0 Å². The molecule has 1 saturated heterocycles. The third-order valence-corrected chi connectivity index (χ3v) is 6.42. The highest BCUT2D eigenvalue weighted by molar-refractivity contribution is 6.01. The number of rotatable bonds is 7. The molecule has 1 aliphatic heterocycles. The highest BCUT2D eigenvalue weighted by atomic mass is 16.5. The molecule has 10 nitrogen and oxygen atoms in total. The smallest absolute Gasteiger partial charge is 0.327 e.